The summed E-state index contributed by atoms with van der Waals surface area (Å²) in [5, 5.41) is 11.6. The van der Waals surface area contributed by atoms with Gasteiger partial charge < -0.3 is 0 Å². The van der Waals surface area contributed by atoms with Gasteiger partial charge in [0.15, 0.2) is 0 Å². The first kappa shape index (κ1) is 13.0. The third-order valence-electron chi connectivity index (χ3n) is 2.57. The van der Waals surface area contributed by atoms with Crippen LogP contribution in [-0.2, 0) is 11.5 Å². The molecule has 0 bridgehead atoms. The van der Waals surface area contributed by atoms with Gasteiger partial charge in [-0.15, -0.1) is 0 Å². The Labute approximate surface area is 113 Å². The summed E-state index contributed by atoms with van der Waals surface area (Å²) in [6.07, 6.45) is 3.36. The summed E-state index contributed by atoms with van der Waals surface area (Å²) in [5.74, 6) is 0.713. The first-order chi connectivity index (χ1) is 8.69. The van der Waals surface area contributed by atoms with E-state index >= 15 is 0 Å². The molecule has 0 amide bonds. The van der Waals surface area contributed by atoms with Crippen LogP contribution >= 0.6 is 0 Å². The summed E-state index contributed by atoms with van der Waals surface area (Å²) in [4.78, 5) is 8.44. The number of hydrogen-bond acceptors (Lipinski definition) is 5. The second-order valence-corrected chi connectivity index (χ2v) is 4.49. The van der Waals surface area contributed by atoms with Gasteiger partial charge in [-0.3, -0.25) is 0 Å². The van der Waals surface area contributed by atoms with Gasteiger partial charge in [0, 0.05) is 0 Å². The number of fused-ring (bicyclic) bond motifs is 1. The van der Waals surface area contributed by atoms with Crippen LogP contribution in [0.4, 0.5) is 5.82 Å². The van der Waals surface area contributed by atoms with Crippen LogP contribution in [0.3, 0.4) is 0 Å². The third-order valence-corrected chi connectivity index (χ3v) is 3.03. The molecule has 2 heterocycles. The SMILES string of the molecule is CCOCn1cc(C(=N)[Se])c2c(NC)ncnc21. The van der Waals surface area contributed by atoms with Crippen LogP contribution < -0.4 is 5.32 Å². The molecule has 2 aromatic heterocycles. The number of anilines is 1. The Morgan fingerprint density at radius 2 is 2.33 bits per heavy atom. The van der Waals surface area contributed by atoms with E-state index in [0.717, 1.165) is 16.6 Å². The zero-order chi connectivity index (χ0) is 13.1. The minimum atomic E-state index is 0.363. The van der Waals surface area contributed by atoms with Crippen molar-refractivity contribution in [1.29, 1.82) is 5.41 Å². The van der Waals surface area contributed by atoms with Crippen LogP contribution in [0.25, 0.3) is 11.0 Å². The van der Waals surface area contributed by atoms with Gasteiger partial charge in [-0.25, -0.2) is 0 Å². The van der Waals surface area contributed by atoms with Crippen molar-refractivity contribution in [3.63, 3.8) is 0 Å². The molecule has 0 aliphatic rings. The number of ether oxygens (including phenoxy) is 1. The van der Waals surface area contributed by atoms with E-state index in [1.807, 2.05) is 17.7 Å². The van der Waals surface area contributed by atoms with Gasteiger partial charge in [-0.2, -0.15) is 0 Å². The van der Waals surface area contributed by atoms with Gasteiger partial charge >= 0.3 is 113 Å². The van der Waals surface area contributed by atoms with Crippen molar-refractivity contribution in [2.45, 2.75) is 13.7 Å². The van der Waals surface area contributed by atoms with Gasteiger partial charge in [0.05, 0.1) is 0 Å². The molecular weight excluding hydrogens is 297 g/mol. The monoisotopic (exact) mass is 312 g/mol. The molecule has 0 unspecified atom stereocenters. The molecule has 2 aromatic rings. The summed E-state index contributed by atoms with van der Waals surface area (Å²) < 4.78 is 7.64. The Hall–Kier alpha value is -1.43. The van der Waals surface area contributed by atoms with Crippen LogP contribution in [0, 0.1) is 5.41 Å². The second kappa shape index (κ2) is 5.47. The predicted octanol–water partition coefficient (Wildman–Crippen LogP) is 0.961. The van der Waals surface area contributed by atoms with E-state index in [-0.39, 0.29) is 0 Å². The molecule has 0 aliphatic heterocycles. The summed E-state index contributed by atoms with van der Waals surface area (Å²) in [6.45, 7) is 2.99. The normalized spacial score (nSPS) is 10.8. The number of rotatable bonds is 5. The standard InChI is InChI=1S/C11H14N5OSe/c1-3-17-6-16-4-7(9(12)18)8-10(13-2)14-5-15-11(8)16/h4-5,12H,3,6H2,1-2H3,(H,13,14,15). The summed E-state index contributed by atoms with van der Waals surface area (Å²) in [6, 6.07) is 0. The molecule has 0 spiro atoms. The molecule has 18 heavy (non-hydrogen) atoms. The summed E-state index contributed by atoms with van der Waals surface area (Å²) in [5.41, 5.74) is 1.53. The maximum absolute atomic E-state index is 7.79. The van der Waals surface area contributed by atoms with E-state index in [1.165, 1.54) is 6.33 Å². The molecule has 2 N–H and O–H groups in total. The molecule has 0 atom stereocenters. The number of hydrogen-bond donors (Lipinski definition) is 2. The zero-order valence-electron chi connectivity index (χ0n) is 10.2. The van der Waals surface area contributed by atoms with Gasteiger partial charge in [-0.05, 0) is 0 Å². The molecule has 2 rings (SSSR count). The molecule has 95 valence electrons. The Morgan fingerprint density at radius 3 is 2.94 bits per heavy atom. The van der Waals surface area contributed by atoms with Crippen molar-refractivity contribution < 1.29 is 4.74 Å². The average Bonchev–Trinajstić information content (AvgIpc) is 2.75. The number of nitrogens with zero attached hydrogens (tertiary/aromatic N) is 3. The predicted molar refractivity (Wildman–Crippen MR) is 71.3 cm³/mol. The summed E-state index contributed by atoms with van der Waals surface area (Å²) in [7, 11) is 1.80. The molecule has 7 heteroatoms. The molecule has 0 fully saturated rings. The molecule has 0 aromatic carbocycles. The van der Waals surface area contributed by atoms with Crippen molar-refractivity contribution in [2.75, 3.05) is 19.0 Å². The first-order valence-electron chi connectivity index (χ1n) is 5.54. The quantitative estimate of drug-likeness (QED) is 0.637. The maximum atomic E-state index is 7.79. The first-order valence-corrected chi connectivity index (χ1v) is 6.40. The topological polar surface area (TPSA) is 75.8 Å². The van der Waals surface area contributed by atoms with Crippen molar-refractivity contribution >= 4 is 37.5 Å². The fourth-order valence-corrected chi connectivity index (χ4v) is 2.10. The summed E-state index contributed by atoms with van der Waals surface area (Å²) >= 11 is 2.71. The number of nitrogens with one attached hydrogen (secondary N) is 2. The fourth-order valence-electron chi connectivity index (χ4n) is 1.77. The molecule has 0 saturated carbocycles. The molecular formula is C11H14N5OSe. The Morgan fingerprint density at radius 1 is 1.56 bits per heavy atom. The Bertz CT molecular complexity index is 580. The van der Waals surface area contributed by atoms with Gasteiger partial charge in [-0.1, -0.05) is 0 Å². The minimum absolute atomic E-state index is 0.363. The van der Waals surface area contributed by atoms with Crippen LogP contribution in [0.1, 0.15) is 12.5 Å². The Balaban J connectivity index is 2.64. The van der Waals surface area contributed by atoms with Crippen molar-refractivity contribution in [3.05, 3.63) is 18.1 Å². The van der Waals surface area contributed by atoms with Crippen LogP contribution in [0.2, 0.25) is 0 Å². The van der Waals surface area contributed by atoms with E-state index in [0.29, 0.717) is 23.8 Å². The van der Waals surface area contributed by atoms with E-state index in [2.05, 4.69) is 31.3 Å². The molecule has 1 radical (unpaired) electrons. The van der Waals surface area contributed by atoms with E-state index in [4.69, 9.17) is 10.1 Å². The molecule has 0 saturated heterocycles. The number of aromatic nitrogens is 3. The van der Waals surface area contributed by atoms with Crippen LogP contribution in [0.5, 0.6) is 0 Å². The average molecular weight is 311 g/mol. The van der Waals surface area contributed by atoms with Crippen LogP contribution in [0.15, 0.2) is 12.5 Å². The van der Waals surface area contributed by atoms with E-state index < -0.39 is 0 Å². The molecule has 0 aliphatic carbocycles. The second-order valence-electron chi connectivity index (χ2n) is 3.63. The molecule has 6 nitrogen and oxygen atoms in total. The third kappa shape index (κ3) is 2.24. The van der Waals surface area contributed by atoms with E-state index in [9.17, 15) is 0 Å². The fraction of sp³-hybridized carbons (Fsp3) is 0.364. The van der Waals surface area contributed by atoms with Crippen LogP contribution in [-0.4, -0.2) is 48.8 Å². The van der Waals surface area contributed by atoms with Gasteiger partial charge in [0.25, 0.3) is 0 Å². The van der Waals surface area contributed by atoms with Crippen molar-refractivity contribution in [3.8, 4) is 0 Å². The van der Waals surface area contributed by atoms with Crippen molar-refractivity contribution in [1.82, 2.24) is 14.5 Å². The zero-order valence-corrected chi connectivity index (χ0v) is 11.9. The van der Waals surface area contributed by atoms with Gasteiger partial charge in [0.2, 0.25) is 0 Å². The van der Waals surface area contributed by atoms with E-state index in [1.54, 1.807) is 7.05 Å². The Kier molecular flexibility index (Phi) is 3.96. The van der Waals surface area contributed by atoms with Gasteiger partial charge in [0.1, 0.15) is 0 Å². The van der Waals surface area contributed by atoms with Crippen molar-refractivity contribution in [2.24, 2.45) is 0 Å².